The van der Waals surface area contributed by atoms with Gasteiger partial charge in [0.05, 0.1) is 73.4 Å². The van der Waals surface area contributed by atoms with Crippen LogP contribution in [0.1, 0.15) is 88.9 Å². The average molecular weight is 1030 g/mol. The molecule has 0 fully saturated rings. The van der Waals surface area contributed by atoms with E-state index in [0.29, 0.717) is 55.7 Å². The Morgan fingerprint density at radius 2 is 1.01 bits per heavy atom. The monoisotopic (exact) mass is 1030 g/mol. The van der Waals surface area contributed by atoms with Crippen molar-refractivity contribution >= 4 is 79.9 Å². The van der Waals surface area contributed by atoms with E-state index in [4.69, 9.17) is 70.4 Å². The molecule has 2 aliphatic heterocycles. The molecule has 6 heterocycles. The molecule has 0 aliphatic carbocycles. The molecule has 4 aromatic heterocycles. The SMILES string of the molecule is COC(=O)CC[C@@H]1N=C(c2ccccn2)c2cc(Cl)c(Cl)cc2-n2c(C)cnc21.COC(=O)CC[C@@H]1N=C(c2ccccn2)c2cc(Cl)c(Cl)cc2-n2c(C)cnc21.Cc1ccc(S(=O)(=O)O)cc1. The smallest absolute Gasteiger partial charge is 0.305 e. The number of aryl methyl sites for hydroxylation is 3. The van der Waals surface area contributed by atoms with Crippen LogP contribution >= 0.6 is 46.4 Å². The highest BCUT2D eigenvalue weighted by Crippen LogP contribution is 2.39. The van der Waals surface area contributed by atoms with Gasteiger partial charge in [-0.3, -0.25) is 43.2 Å². The zero-order chi connectivity index (χ0) is 49.6. The molecule has 3 aromatic carbocycles. The van der Waals surface area contributed by atoms with E-state index in [1.54, 1.807) is 49.1 Å². The molecule has 0 spiro atoms. The third-order valence-corrected chi connectivity index (χ3v) is 13.3. The molecule has 0 unspecified atom stereocenters. The van der Waals surface area contributed by atoms with E-state index < -0.39 is 10.1 Å². The number of halogens is 4. The number of carbonyl (C=O) groups excluding carboxylic acids is 2. The Labute approximate surface area is 418 Å². The van der Waals surface area contributed by atoms with Crippen LogP contribution in [0.25, 0.3) is 11.4 Å². The lowest BCUT2D eigenvalue weighted by Gasteiger charge is -2.15. The van der Waals surface area contributed by atoms with Gasteiger partial charge in [0, 0.05) is 60.1 Å². The van der Waals surface area contributed by atoms with Crippen molar-refractivity contribution in [3.63, 3.8) is 0 Å². The summed E-state index contributed by atoms with van der Waals surface area (Å²) in [4.78, 5) is 51.6. The van der Waals surface area contributed by atoms with E-state index in [9.17, 15) is 18.0 Å². The number of methoxy groups -OCH3 is 2. The van der Waals surface area contributed by atoms with Crippen molar-refractivity contribution in [1.82, 2.24) is 29.1 Å². The molecule has 0 saturated heterocycles. The Balaban J connectivity index is 0.000000168. The highest BCUT2D eigenvalue weighted by Gasteiger charge is 2.31. The highest BCUT2D eigenvalue weighted by atomic mass is 35.5. The van der Waals surface area contributed by atoms with Crippen LogP contribution in [-0.2, 0) is 29.2 Å². The number of pyridine rings is 2. The number of benzene rings is 3. The lowest BCUT2D eigenvalue weighted by Crippen LogP contribution is -2.09. The quantitative estimate of drug-likeness (QED) is 0.107. The highest BCUT2D eigenvalue weighted by molar-refractivity contribution is 7.85. The minimum absolute atomic E-state index is 0.0666. The summed E-state index contributed by atoms with van der Waals surface area (Å²) in [5.74, 6) is 0.887. The average Bonchev–Trinajstić information content (AvgIpc) is 3.85. The third-order valence-electron chi connectivity index (χ3n) is 11.0. The van der Waals surface area contributed by atoms with Crippen LogP contribution in [-0.4, -0.2) is 79.6 Å². The standard InChI is InChI=1S/2C21H18Cl2N4O2.C7H8O3S/c2*1-12-11-25-21-17(6-7-19(28)29-2)26-20(16-5-3-4-8-24-16)13-9-14(22)15(23)10-18(13)27(12)21;1-6-2-4-7(5-3-6)11(8,9)10/h2*3-5,8-11,17H,6-7H2,1-2H3;2-5H,1H3,(H,8,9,10)/t2*17-;/m00./s1. The Morgan fingerprint density at radius 3 is 1.38 bits per heavy atom. The summed E-state index contributed by atoms with van der Waals surface area (Å²) >= 11 is 25.4. The van der Waals surface area contributed by atoms with Crippen molar-refractivity contribution in [2.24, 2.45) is 9.98 Å². The van der Waals surface area contributed by atoms with Crippen LogP contribution in [0, 0.1) is 20.8 Å². The second-order valence-corrected chi connectivity index (χ2v) is 18.7. The summed E-state index contributed by atoms with van der Waals surface area (Å²) in [5, 5.41) is 1.75. The summed E-state index contributed by atoms with van der Waals surface area (Å²) in [6.45, 7) is 5.77. The van der Waals surface area contributed by atoms with E-state index in [0.717, 1.165) is 51.1 Å². The van der Waals surface area contributed by atoms with Gasteiger partial charge in [0.2, 0.25) is 0 Å². The van der Waals surface area contributed by atoms with E-state index in [2.05, 4.69) is 19.9 Å². The van der Waals surface area contributed by atoms with E-state index in [1.165, 1.54) is 26.4 Å². The minimum Gasteiger partial charge on any atom is -0.469 e. The van der Waals surface area contributed by atoms with E-state index >= 15 is 0 Å². The fourth-order valence-electron chi connectivity index (χ4n) is 7.62. The molecule has 356 valence electrons. The van der Waals surface area contributed by atoms with Crippen LogP contribution in [0.2, 0.25) is 20.1 Å². The van der Waals surface area contributed by atoms with Crippen molar-refractivity contribution in [2.45, 2.75) is 63.4 Å². The van der Waals surface area contributed by atoms with Gasteiger partial charge in [0.25, 0.3) is 10.1 Å². The predicted molar refractivity (Wildman–Crippen MR) is 265 cm³/mol. The van der Waals surface area contributed by atoms with Gasteiger partial charge in [-0.2, -0.15) is 8.42 Å². The molecule has 0 amide bonds. The van der Waals surface area contributed by atoms with Crippen molar-refractivity contribution in [2.75, 3.05) is 14.2 Å². The van der Waals surface area contributed by atoms with Gasteiger partial charge in [0.15, 0.2) is 0 Å². The summed E-state index contributed by atoms with van der Waals surface area (Å²) < 4.78 is 43.2. The first kappa shape index (κ1) is 50.6. The first-order chi connectivity index (χ1) is 33.0. The van der Waals surface area contributed by atoms with Crippen molar-refractivity contribution in [3.8, 4) is 11.4 Å². The Hall–Kier alpha value is -6.27. The normalized spacial score (nSPS) is 14.6. The second kappa shape index (κ2) is 22.0. The lowest BCUT2D eigenvalue weighted by molar-refractivity contribution is -0.141. The van der Waals surface area contributed by atoms with Crippen molar-refractivity contribution in [1.29, 1.82) is 0 Å². The maximum Gasteiger partial charge on any atom is 0.305 e. The molecule has 0 radical (unpaired) electrons. The topological polar surface area (TPSA) is 193 Å². The summed E-state index contributed by atoms with van der Waals surface area (Å²) in [7, 11) is -1.26. The molecule has 2 atom stereocenters. The van der Waals surface area contributed by atoms with Crippen molar-refractivity contribution < 1.29 is 32.0 Å². The van der Waals surface area contributed by atoms with Crippen molar-refractivity contribution in [3.05, 3.63) is 181 Å². The van der Waals surface area contributed by atoms with Gasteiger partial charge in [-0.25, -0.2) is 9.97 Å². The molecule has 1 N–H and O–H groups in total. The van der Waals surface area contributed by atoms with Crippen LogP contribution in [0.3, 0.4) is 0 Å². The molecule has 9 rings (SSSR count). The largest absolute Gasteiger partial charge is 0.469 e. The number of rotatable bonds is 9. The van der Waals surface area contributed by atoms with Crippen LogP contribution in [0.5, 0.6) is 0 Å². The molecule has 2 aliphatic rings. The molecule has 15 nitrogen and oxygen atoms in total. The maximum atomic E-state index is 11.8. The number of carbonyl (C=O) groups is 2. The van der Waals surface area contributed by atoms with Gasteiger partial charge in [-0.1, -0.05) is 76.2 Å². The third kappa shape index (κ3) is 11.6. The number of imidazole rings is 2. The van der Waals surface area contributed by atoms with Crippen LogP contribution in [0.4, 0.5) is 0 Å². The van der Waals surface area contributed by atoms with Crippen LogP contribution < -0.4 is 0 Å². The summed E-state index contributed by atoms with van der Waals surface area (Å²) in [6.07, 6.45) is 8.36. The molecular formula is C49H44Cl4N8O7S. The zero-order valence-electron chi connectivity index (χ0n) is 37.8. The number of fused-ring (bicyclic) bond motifs is 6. The van der Waals surface area contributed by atoms with Gasteiger partial charge >= 0.3 is 11.9 Å². The zero-order valence-corrected chi connectivity index (χ0v) is 41.6. The van der Waals surface area contributed by atoms with Gasteiger partial charge in [-0.15, -0.1) is 0 Å². The fourth-order valence-corrected chi connectivity index (χ4v) is 8.74. The Morgan fingerprint density at radius 1 is 0.609 bits per heavy atom. The van der Waals surface area contributed by atoms with Crippen LogP contribution in [0.15, 0.2) is 125 Å². The maximum absolute atomic E-state index is 11.8. The predicted octanol–water partition coefficient (Wildman–Crippen LogP) is 10.7. The van der Waals surface area contributed by atoms with E-state index in [1.807, 2.05) is 78.4 Å². The minimum atomic E-state index is -4.02. The van der Waals surface area contributed by atoms with E-state index in [-0.39, 0.29) is 41.8 Å². The molecule has 0 bridgehead atoms. The molecule has 20 heteroatoms. The van der Waals surface area contributed by atoms with Gasteiger partial charge < -0.3 is 9.47 Å². The second-order valence-electron chi connectivity index (χ2n) is 15.7. The molecule has 69 heavy (non-hydrogen) atoms. The van der Waals surface area contributed by atoms with Gasteiger partial charge in [-0.05, 0) is 94.3 Å². The molecule has 0 saturated carbocycles. The van der Waals surface area contributed by atoms with Gasteiger partial charge in [0.1, 0.15) is 23.7 Å². The molecular weight excluding hydrogens is 986 g/mol. The number of esters is 2. The fraction of sp³-hybridized carbons (Fsp3) is 0.224. The number of ether oxygens (including phenoxy) is 2. The first-order valence-electron chi connectivity index (χ1n) is 21.2. The number of hydrogen-bond donors (Lipinski definition) is 1. The lowest BCUT2D eigenvalue weighted by atomic mass is 10.0. The number of nitrogens with zero attached hydrogens (tertiary/aromatic N) is 8. The summed E-state index contributed by atoms with van der Waals surface area (Å²) in [5.41, 5.74) is 8.86. The number of hydrogen-bond acceptors (Lipinski definition) is 12. The first-order valence-corrected chi connectivity index (χ1v) is 24.2. The molecule has 7 aromatic rings. The Kier molecular flexibility index (Phi) is 16.1. The summed E-state index contributed by atoms with van der Waals surface area (Å²) in [6, 6.07) is 23.8. The Bertz CT molecular complexity index is 3020. The number of aliphatic imine (C=N–C) groups is 2. The number of aromatic nitrogens is 6.